The van der Waals surface area contributed by atoms with Crippen LogP contribution in [0.4, 0.5) is 5.69 Å². The fraction of sp³-hybridized carbons (Fsp3) is 0.625. The molecule has 1 aromatic rings. The molecule has 0 radical (unpaired) electrons. The number of hydrogen-bond acceptors (Lipinski definition) is 3. The van der Waals surface area contributed by atoms with Crippen LogP contribution in [0.2, 0.25) is 0 Å². The summed E-state index contributed by atoms with van der Waals surface area (Å²) in [5, 5.41) is 13.9. The Hall–Kier alpha value is -1.22. The van der Waals surface area contributed by atoms with Gasteiger partial charge in [-0.1, -0.05) is 20.8 Å². The summed E-state index contributed by atoms with van der Waals surface area (Å²) < 4.78 is 5.51. The number of fused-ring (bicyclic) bond motifs is 1. The Morgan fingerprint density at radius 1 is 1.37 bits per heavy atom. The molecule has 3 heteroatoms. The third kappa shape index (κ3) is 2.86. The molecule has 1 aliphatic rings. The standard InChI is InChI=1S/C16H25NO2/c1-5-16(3,4)15-14(18)10-11-9-12(19-6-2)7-8-13(11)17-15/h7-9,14-15,17-18H,5-6,10H2,1-4H3. The molecule has 106 valence electrons. The van der Waals surface area contributed by atoms with Crippen molar-refractivity contribution in [3.05, 3.63) is 23.8 Å². The van der Waals surface area contributed by atoms with Crippen molar-refractivity contribution in [2.24, 2.45) is 5.41 Å². The van der Waals surface area contributed by atoms with Crippen LogP contribution in [-0.4, -0.2) is 23.9 Å². The van der Waals surface area contributed by atoms with Crippen LogP contribution in [-0.2, 0) is 6.42 Å². The van der Waals surface area contributed by atoms with E-state index in [9.17, 15) is 5.11 Å². The molecule has 2 rings (SSSR count). The van der Waals surface area contributed by atoms with Gasteiger partial charge in [0, 0.05) is 12.1 Å². The van der Waals surface area contributed by atoms with Crippen molar-refractivity contribution in [1.82, 2.24) is 0 Å². The fourth-order valence-corrected chi connectivity index (χ4v) is 2.68. The van der Waals surface area contributed by atoms with Crippen molar-refractivity contribution >= 4 is 5.69 Å². The molecule has 0 bridgehead atoms. The summed E-state index contributed by atoms with van der Waals surface area (Å²) in [5.74, 6) is 0.878. The minimum absolute atomic E-state index is 0.0791. The number of hydrogen-bond donors (Lipinski definition) is 2. The van der Waals surface area contributed by atoms with Gasteiger partial charge in [0.15, 0.2) is 0 Å². The van der Waals surface area contributed by atoms with E-state index < -0.39 is 0 Å². The highest BCUT2D eigenvalue weighted by atomic mass is 16.5. The predicted octanol–water partition coefficient (Wildman–Crippen LogP) is 3.22. The zero-order valence-electron chi connectivity index (χ0n) is 12.4. The van der Waals surface area contributed by atoms with E-state index in [1.165, 1.54) is 0 Å². The Morgan fingerprint density at radius 2 is 2.11 bits per heavy atom. The van der Waals surface area contributed by atoms with Crippen molar-refractivity contribution < 1.29 is 9.84 Å². The van der Waals surface area contributed by atoms with Gasteiger partial charge in [-0.25, -0.2) is 0 Å². The van der Waals surface area contributed by atoms with Crippen LogP contribution in [0.15, 0.2) is 18.2 Å². The third-order valence-corrected chi connectivity index (χ3v) is 4.27. The molecular formula is C16H25NO2. The van der Waals surface area contributed by atoms with Crippen molar-refractivity contribution in [3.8, 4) is 5.75 Å². The highest BCUT2D eigenvalue weighted by Gasteiger charge is 2.36. The van der Waals surface area contributed by atoms with Gasteiger partial charge in [0.1, 0.15) is 5.75 Å². The number of benzene rings is 1. The Balaban J connectivity index is 2.24. The summed E-state index contributed by atoms with van der Waals surface area (Å²) in [6.45, 7) is 9.22. The second-order valence-electron chi connectivity index (χ2n) is 5.99. The molecule has 0 spiro atoms. The maximum atomic E-state index is 10.4. The number of anilines is 1. The highest BCUT2D eigenvalue weighted by molar-refractivity contribution is 5.57. The average molecular weight is 263 g/mol. The van der Waals surface area contributed by atoms with Gasteiger partial charge in [0.05, 0.1) is 18.8 Å². The van der Waals surface area contributed by atoms with Gasteiger partial charge in [-0.15, -0.1) is 0 Å². The van der Waals surface area contributed by atoms with E-state index in [4.69, 9.17) is 4.74 Å². The van der Waals surface area contributed by atoms with Crippen LogP contribution in [0.25, 0.3) is 0 Å². The van der Waals surface area contributed by atoms with Crippen LogP contribution >= 0.6 is 0 Å². The van der Waals surface area contributed by atoms with Crippen LogP contribution in [0.1, 0.15) is 39.7 Å². The molecule has 0 aromatic heterocycles. The molecule has 0 fully saturated rings. The van der Waals surface area contributed by atoms with E-state index in [0.29, 0.717) is 13.0 Å². The van der Waals surface area contributed by atoms with E-state index >= 15 is 0 Å². The van der Waals surface area contributed by atoms with Gasteiger partial charge in [0.2, 0.25) is 0 Å². The fourth-order valence-electron chi connectivity index (χ4n) is 2.68. The average Bonchev–Trinajstić information content (AvgIpc) is 2.38. The molecule has 2 unspecified atom stereocenters. The molecule has 3 nitrogen and oxygen atoms in total. The molecule has 0 aliphatic carbocycles. The lowest BCUT2D eigenvalue weighted by Gasteiger charge is -2.41. The first-order chi connectivity index (χ1) is 8.97. The smallest absolute Gasteiger partial charge is 0.119 e. The topological polar surface area (TPSA) is 41.5 Å². The molecule has 0 amide bonds. The van der Waals surface area contributed by atoms with Gasteiger partial charge >= 0.3 is 0 Å². The van der Waals surface area contributed by atoms with Gasteiger partial charge in [-0.2, -0.15) is 0 Å². The Morgan fingerprint density at radius 3 is 2.74 bits per heavy atom. The van der Waals surface area contributed by atoms with E-state index in [1.807, 2.05) is 19.1 Å². The molecule has 0 saturated carbocycles. The van der Waals surface area contributed by atoms with Gasteiger partial charge in [-0.3, -0.25) is 0 Å². The van der Waals surface area contributed by atoms with Crippen molar-refractivity contribution in [2.45, 2.75) is 52.7 Å². The molecule has 2 atom stereocenters. The second-order valence-corrected chi connectivity index (χ2v) is 5.99. The van der Waals surface area contributed by atoms with E-state index in [1.54, 1.807) is 0 Å². The van der Waals surface area contributed by atoms with Gasteiger partial charge < -0.3 is 15.2 Å². The lowest BCUT2D eigenvalue weighted by atomic mass is 9.76. The van der Waals surface area contributed by atoms with Gasteiger partial charge in [-0.05, 0) is 42.5 Å². The molecule has 2 N–H and O–H groups in total. The van der Waals surface area contributed by atoms with Crippen LogP contribution in [0.5, 0.6) is 5.75 Å². The molecule has 1 aliphatic heterocycles. The van der Waals surface area contributed by atoms with Crippen molar-refractivity contribution in [3.63, 3.8) is 0 Å². The third-order valence-electron chi connectivity index (χ3n) is 4.27. The molecule has 19 heavy (non-hydrogen) atoms. The monoisotopic (exact) mass is 263 g/mol. The minimum atomic E-state index is -0.348. The van der Waals surface area contributed by atoms with Crippen LogP contribution in [0, 0.1) is 5.41 Å². The van der Waals surface area contributed by atoms with Crippen molar-refractivity contribution in [1.29, 1.82) is 0 Å². The number of aliphatic hydroxyl groups is 1. The zero-order valence-corrected chi connectivity index (χ0v) is 12.4. The maximum absolute atomic E-state index is 10.4. The molecule has 1 heterocycles. The summed E-state index contributed by atoms with van der Waals surface area (Å²) in [5.41, 5.74) is 2.34. The Labute approximate surface area is 116 Å². The summed E-state index contributed by atoms with van der Waals surface area (Å²) in [6, 6.07) is 6.18. The highest BCUT2D eigenvalue weighted by Crippen LogP contribution is 2.36. The maximum Gasteiger partial charge on any atom is 0.119 e. The van der Waals surface area contributed by atoms with Crippen LogP contribution < -0.4 is 10.1 Å². The summed E-state index contributed by atoms with van der Waals surface area (Å²) in [7, 11) is 0. The number of ether oxygens (including phenoxy) is 1. The van der Waals surface area contributed by atoms with Crippen molar-refractivity contribution in [2.75, 3.05) is 11.9 Å². The number of rotatable bonds is 4. The minimum Gasteiger partial charge on any atom is -0.494 e. The van der Waals surface area contributed by atoms with Gasteiger partial charge in [0.25, 0.3) is 0 Å². The quantitative estimate of drug-likeness (QED) is 0.876. The Bertz CT molecular complexity index is 442. The number of nitrogens with one attached hydrogen (secondary N) is 1. The first-order valence-corrected chi connectivity index (χ1v) is 7.18. The first-order valence-electron chi connectivity index (χ1n) is 7.18. The largest absolute Gasteiger partial charge is 0.494 e. The summed E-state index contributed by atoms with van der Waals surface area (Å²) in [6.07, 6.45) is 1.38. The SMILES string of the molecule is CCOc1ccc2c(c1)CC(O)C(C(C)(C)CC)N2. The molecule has 1 aromatic carbocycles. The van der Waals surface area contributed by atoms with E-state index in [-0.39, 0.29) is 17.6 Å². The lowest BCUT2D eigenvalue weighted by molar-refractivity contribution is 0.0887. The Kier molecular flexibility index (Phi) is 4.04. The first kappa shape index (κ1) is 14.2. The lowest BCUT2D eigenvalue weighted by Crippen LogP contribution is -2.48. The van der Waals surface area contributed by atoms with E-state index in [2.05, 4.69) is 32.2 Å². The molecule has 0 saturated heterocycles. The molecular weight excluding hydrogens is 238 g/mol. The van der Waals surface area contributed by atoms with Crippen LogP contribution in [0.3, 0.4) is 0 Å². The zero-order chi connectivity index (χ0) is 14.0. The normalized spacial score (nSPS) is 22.6. The number of aliphatic hydroxyl groups excluding tert-OH is 1. The summed E-state index contributed by atoms with van der Waals surface area (Å²) >= 11 is 0. The second kappa shape index (κ2) is 5.41. The predicted molar refractivity (Wildman–Crippen MR) is 78.8 cm³/mol. The van der Waals surface area contributed by atoms with E-state index in [0.717, 1.165) is 23.4 Å². The summed E-state index contributed by atoms with van der Waals surface area (Å²) in [4.78, 5) is 0.